The van der Waals surface area contributed by atoms with Gasteiger partial charge in [-0.1, -0.05) is 6.07 Å². The average molecular weight is 329 g/mol. The Morgan fingerprint density at radius 2 is 1.75 bits per heavy atom. The summed E-state index contributed by atoms with van der Waals surface area (Å²) in [6, 6.07) is 9.86. The van der Waals surface area contributed by atoms with Gasteiger partial charge in [-0.3, -0.25) is 14.4 Å². The molecule has 0 radical (unpaired) electrons. The van der Waals surface area contributed by atoms with E-state index < -0.39 is 11.8 Å². The highest BCUT2D eigenvalue weighted by molar-refractivity contribution is 6.39. The van der Waals surface area contributed by atoms with E-state index in [0.29, 0.717) is 17.8 Å². The van der Waals surface area contributed by atoms with Crippen LogP contribution in [0.5, 0.6) is 0 Å². The van der Waals surface area contributed by atoms with Gasteiger partial charge in [0, 0.05) is 30.8 Å². The first-order valence-electron chi connectivity index (χ1n) is 7.46. The first kappa shape index (κ1) is 17.3. The average Bonchev–Trinajstić information content (AvgIpc) is 2.99. The van der Waals surface area contributed by atoms with Gasteiger partial charge in [0.2, 0.25) is 5.91 Å². The number of rotatable bonds is 5. The third kappa shape index (κ3) is 5.28. The van der Waals surface area contributed by atoms with Gasteiger partial charge in [0.25, 0.3) is 0 Å². The number of furan rings is 1. The van der Waals surface area contributed by atoms with Gasteiger partial charge in [-0.2, -0.15) is 0 Å². The zero-order valence-electron chi connectivity index (χ0n) is 13.5. The molecule has 24 heavy (non-hydrogen) atoms. The number of nitrogens with one attached hydrogen (secondary N) is 3. The van der Waals surface area contributed by atoms with E-state index in [1.54, 1.807) is 49.6 Å². The van der Waals surface area contributed by atoms with Crippen LogP contribution in [0.4, 0.5) is 11.4 Å². The first-order valence-corrected chi connectivity index (χ1v) is 7.46. The third-order valence-corrected chi connectivity index (χ3v) is 3.11. The second kappa shape index (κ2) is 7.96. The van der Waals surface area contributed by atoms with Crippen molar-refractivity contribution in [1.29, 1.82) is 0 Å². The number of hydrogen-bond acceptors (Lipinski definition) is 4. The zero-order chi connectivity index (χ0) is 17.5. The molecule has 1 aromatic carbocycles. The Balaban J connectivity index is 1.89. The van der Waals surface area contributed by atoms with Crippen LogP contribution in [-0.2, 0) is 20.8 Å². The van der Waals surface area contributed by atoms with Crippen LogP contribution in [0.25, 0.3) is 0 Å². The molecule has 1 unspecified atom stereocenters. The van der Waals surface area contributed by atoms with Crippen LogP contribution in [0.2, 0.25) is 0 Å². The molecule has 0 aliphatic rings. The van der Waals surface area contributed by atoms with Crippen molar-refractivity contribution < 1.29 is 18.8 Å². The van der Waals surface area contributed by atoms with Crippen molar-refractivity contribution in [3.05, 3.63) is 48.4 Å². The minimum atomic E-state index is -0.777. The fourth-order valence-corrected chi connectivity index (χ4v) is 2.14. The largest absolute Gasteiger partial charge is 0.469 e. The molecule has 126 valence electrons. The molecule has 1 aromatic heterocycles. The van der Waals surface area contributed by atoms with Crippen molar-refractivity contribution in [2.75, 3.05) is 10.6 Å². The number of hydrogen-bond donors (Lipinski definition) is 3. The van der Waals surface area contributed by atoms with E-state index in [-0.39, 0.29) is 11.9 Å². The number of anilines is 2. The van der Waals surface area contributed by atoms with Crippen molar-refractivity contribution >= 4 is 29.1 Å². The van der Waals surface area contributed by atoms with Gasteiger partial charge in [0.1, 0.15) is 5.76 Å². The topological polar surface area (TPSA) is 100 Å². The highest BCUT2D eigenvalue weighted by Gasteiger charge is 2.17. The van der Waals surface area contributed by atoms with Crippen LogP contribution in [0.1, 0.15) is 19.6 Å². The third-order valence-electron chi connectivity index (χ3n) is 3.11. The molecule has 0 fully saturated rings. The molecule has 0 aliphatic carbocycles. The molecule has 7 nitrogen and oxygen atoms in total. The van der Waals surface area contributed by atoms with Gasteiger partial charge in [-0.15, -0.1) is 0 Å². The lowest BCUT2D eigenvalue weighted by Crippen LogP contribution is -2.41. The van der Waals surface area contributed by atoms with E-state index in [2.05, 4.69) is 16.0 Å². The lowest BCUT2D eigenvalue weighted by molar-refractivity contribution is -0.136. The monoisotopic (exact) mass is 329 g/mol. The van der Waals surface area contributed by atoms with E-state index in [0.717, 1.165) is 5.76 Å². The molecule has 0 saturated carbocycles. The maximum atomic E-state index is 11.9. The minimum Gasteiger partial charge on any atom is -0.469 e. The van der Waals surface area contributed by atoms with E-state index in [4.69, 9.17) is 4.42 Å². The van der Waals surface area contributed by atoms with Gasteiger partial charge in [0.15, 0.2) is 0 Å². The van der Waals surface area contributed by atoms with E-state index in [1.165, 1.54) is 6.92 Å². The van der Waals surface area contributed by atoms with Gasteiger partial charge < -0.3 is 20.4 Å². The molecule has 3 N–H and O–H groups in total. The Morgan fingerprint density at radius 1 is 1.04 bits per heavy atom. The van der Waals surface area contributed by atoms with E-state index in [1.807, 2.05) is 0 Å². The summed E-state index contributed by atoms with van der Waals surface area (Å²) in [5, 5.41) is 7.70. The molecular formula is C17H19N3O4. The summed E-state index contributed by atoms with van der Waals surface area (Å²) in [5.41, 5.74) is 0.951. The quantitative estimate of drug-likeness (QED) is 0.730. The molecule has 1 atom stereocenters. The molecule has 2 rings (SSSR count). The molecule has 1 heterocycles. The number of benzene rings is 1. The number of amides is 3. The fraction of sp³-hybridized carbons (Fsp3) is 0.235. The van der Waals surface area contributed by atoms with E-state index >= 15 is 0 Å². The van der Waals surface area contributed by atoms with Crippen molar-refractivity contribution in [3.8, 4) is 0 Å². The molecule has 0 aliphatic heterocycles. The SMILES string of the molecule is CC(=O)Nc1cccc(NC(=O)C(=O)NC(C)Cc2ccco2)c1. The van der Waals surface area contributed by atoms with Crippen molar-refractivity contribution in [2.45, 2.75) is 26.3 Å². The van der Waals surface area contributed by atoms with Crippen LogP contribution in [0.15, 0.2) is 47.1 Å². The summed E-state index contributed by atoms with van der Waals surface area (Å²) >= 11 is 0. The molecule has 2 aromatic rings. The maximum Gasteiger partial charge on any atom is 0.313 e. The molecule has 0 saturated heterocycles. The minimum absolute atomic E-state index is 0.219. The normalized spacial score (nSPS) is 11.4. The molecule has 7 heteroatoms. The Kier molecular flexibility index (Phi) is 5.73. The van der Waals surface area contributed by atoms with Crippen molar-refractivity contribution in [3.63, 3.8) is 0 Å². The Labute approximate surface area is 139 Å². The van der Waals surface area contributed by atoms with Gasteiger partial charge in [0.05, 0.1) is 6.26 Å². The van der Waals surface area contributed by atoms with E-state index in [9.17, 15) is 14.4 Å². The standard InChI is InChI=1S/C17H19N3O4/c1-11(9-15-7-4-8-24-15)18-16(22)17(23)20-14-6-3-5-13(10-14)19-12(2)21/h3-8,10-11H,9H2,1-2H3,(H,18,22)(H,19,21)(H,20,23). The Hall–Kier alpha value is -3.09. The first-order chi connectivity index (χ1) is 11.4. The highest BCUT2D eigenvalue weighted by Crippen LogP contribution is 2.15. The molecular weight excluding hydrogens is 310 g/mol. The lowest BCUT2D eigenvalue weighted by Gasteiger charge is -2.12. The summed E-state index contributed by atoms with van der Waals surface area (Å²) in [4.78, 5) is 34.9. The Morgan fingerprint density at radius 3 is 2.38 bits per heavy atom. The smallest absolute Gasteiger partial charge is 0.313 e. The predicted octanol–water partition coefficient (Wildman–Crippen LogP) is 1.92. The van der Waals surface area contributed by atoms with Gasteiger partial charge in [-0.25, -0.2) is 0 Å². The summed E-state index contributed by atoms with van der Waals surface area (Å²) < 4.78 is 5.20. The van der Waals surface area contributed by atoms with Crippen molar-refractivity contribution in [1.82, 2.24) is 5.32 Å². The van der Waals surface area contributed by atoms with Crippen LogP contribution in [-0.4, -0.2) is 23.8 Å². The number of carbonyl (C=O) groups is 3. The maximum absolute atomic E-state index is 11.9. The summed E-state index contributed by atoms with van der Waals surface area (Å²) in [5.74, 6) is -1.01. The van der Waals surface area contributed by atoms with Crippen molar-refractivity contribution in [2.24, 2.45) is 0 Å². The summed E-state index contributed by atoms with van der Waals surface area (Å²) in [6.45, 7) is 3.17. The second-order valence-corrected chi connectivity index (χ2v) is 5.37. The lowest BCUT2D eigenvalue weighted by atomic mass is 10.2. The van der Waals surface area contributed by atoms with Gasteiger partial charge >= 0.3 is 11.8 Å². The zero-order valence-corrected chi connectivity index (χ0v) is 13.5. The predicted molar refractivity (Wildman–Crippen MR) is 89.4 cm³/mol. The van der Waals surface area contributed by atoms with Crippen LogP contribution >= 0.6 is 0 Å². The fourth-order valence-electron chi connectivity index (χ4n) is 2.14. The van der Waals surface area contributed by atoms with Crippen LogP contribution in [0.3, 0.4) is 0 Å². The second-order valence-electron chi connectivity index (χ2n) is 5.37. The summed E-state index contributed by atoms with van der Waals surface area (Å²) in [7, 11) is 0. The van der Waals surface area contributed by atoms with Crippen LogP contribution < -0.4 is 16.0 Å². The highest BCUT2D eigenvalue weighted by atomic mass is 16.3. The molecule has 0 spiro atoms. The molecule has 0 bridgehead atoms. The number of carbonyl (C=O) groups excluding carboxylic acids is 3. The summed E-state index contributed by atoms with van der Waals surface area (Å²) in [6.07, 6.45) is 2.04. The Bertz CT molecular complexity index is 725. The van der Waals surface area contributed by atoms with Crippen LogP contribution in [0, 0.1) is 0 Å². The molecule has 3 amide bonds. The van der Waals surface area contributed by atoms with Gasteiger partial charge in [-0.05, 0) is 37.3 Å².